The Labute approximate surface area is 178 Å². The molecular formula is C23H24F2N4O2. The normalized spacial score (nSPS) is 20.1. The van der Waals surface area contributed by atoms with Gasteiger partial charge >= 0.3 is 0 Å². The summed E-state index contributed by atoms with van der Waals surface area (Å²) in [5.41, 5.74) is 1.41. The molecular weight excluding hydrogens is 402 g/mol. The van der Waals surface area contributed by atoms with Gasteiger partial charge in [-0.2, -0.15) is 5.10 Å². The monoisotopic (exact) mass is 426 g/mol. The van der Waals surface area contributed by atoms with Crippen molar-refractivity contribution in [2.24, 2.45) is 0 Å². The van der Waals surface area contributed by atoms with Gasteiger partial charge in [0.05, 0.1) is 28.9 Å². The predicted octanol–water partition coefficient (Wildman–Crippen LogP) is 3.60. The summed E-state index contributed by atoms with van der Waals surface area (Å²) in [5.74, 6) is -1.17. The molecule has 31 heavy (non-hydrogen) atoms. The summed E-state index contributed by atoms with van der Waals surface area (Å²) in [5, 5.41) is 17.3. The predicted molar refractivity (Wildman–Crippen MR) is 112 cm³/mol. The second-order valence-corrected chi connectivity index (χ2v) is 8.55. The van der Waals surface area contributed by atoms with E-state index in [9.17, 15) is 18.7 Å². The number of hydrogen-bond acceptors (Lipinski definition) is 4. The van der Waals surface area contributed by atoms with E-state index in [1.165, 1.54) is 18.3 Å². The van der Waals surface area contributed by atoms with Crippen molar-refractivity contribution in [2.45, 2.75) is 43.7 Å². The quantitative estimate of drug-likeness (QED) is 0.654. The van der Waals surface area contributed by atoms with Crippen LogP contribution in [0.25, 0.3) is 5.52 Å². The van der Waals surface area contributed by atoms with Crippen LogP contribution >= 0.6 is 0 Å². The van der Waals surface area contributed by atoms with E-state index in [1.54, 1.807) is 10.7 Å². The van der Waals surface area contributed by atoms with Crippen molar-refractivity contribution in [3.8, 4) is 0 Å². The first kappa shape index (κ1) is 19.9. The molecule has 0 spiro atoms. The van der Waals surface area contributed by atoms with Gasteiger partial charge in [0, 0.05) is 30.5 Å². The molecule has 1 saturated carbocycles. The molecule has 2 aliphatic rings. The maximum Gasteiger partial charge on any atom is 0.255 e. The molecule has 0 bridgehead atoms. The maximum atomic E-state index is 14.4. The summed E-state index contributed by atoms with van der Waals surface area (Å²) in [4.78, 5) is 14.8. The molecule has 1 saturated heterocycles. The Hall–Kier alpha value is -3.00. The van der Waals surface area contributed by atoms with Crippen LogP contribution in [0.3, 0.4) is 0 Å². The fourth-order valence-electron chi connectivity index (χ4n) is 4.59. The lowest BCUT2D eigenvalue weighted by atomic mass is 9.80. The van der Waals surface area contributed by atoms with E-state index in [2.05, 4.69) is 10.4 Å². The summed E-state index contributed by atoms with van der Waals surface area (Å²) in [6, 6.07) is 7.01. The SMILES string of the molecule is O=C(NCC1(O)CCC1)c1cnn2ccc(N3CCCC3c3cc(F)ccc3F)cc12. The minimum atomic E-state index is -0.804. The van der Waals surface area contributed by atoms with Gasteiger partial charge in [-0.3, -0.25) is 4.79 Å². The van der Waals surface area contributed by atoms with E-state index in [1.807, 2.05) is 17.0 Å². The Kier molecular flexibility index (Phi) is 4.89. The highest BCUT2D eigenvalue weighted by Crippen LogP contribution is 2.38. The Morgan fingerprint density at radius 3 is 2.84 bits per heavy atom. The molecule has 3 heterocycles. The van der Waals surface area contributed by atoms with Gasteiger partial charge < -0.3 is 15.3 Å². The van der Waals surface area contributed by atoms with E-state index in [4.69, 9.17) is 0 Å². The van der Waals surface area contributed by atoms with Gasteiger partial charge in [-0.15, -0.1) is 0 Å². The third-order valence-electron chi connectivity index (χ3n) is 6.51. The number of nitrogens with zero attached hydrogens (tertiary/aromatic N) is 3. The van der Waals surface area contributed by atoms with Gasteiger partial charge in [0.15, 0.2) is 0 Å². The number of carbonyl (C=O) groups is 1. The molecule has 3 aromatic rings. The molecule has 2 fully saturated rings. The number of hydrogen-bond donors (Lipinski definition) is 2. The first-order chi connectivity index (χ1) is 14.9. The van der Waals surface area contributed by atoms with Gasteiger partial charge in [-0.05, 0) is 62.4 Å². The third kappa shape index (κ3) is 3.65. The van der Waals surface area contributed by atoms with Crippen LogP contribution in [0.5, 0.6) is 0 Å². The van der Waals surface area contributed by atoms with Crippen molar-refractivity contribution in [2.75, 3.05) is 18.0 Å². The first-order valence-electron chi connectivity index (χ1n) is 10.6. The molecule has 1 aromatic carbocycles. The highest BCUT2D eigenvalue weighted by Gasteiger charge is 2.35. The lowest BCUT2D eigenvalue weighted by Crippen LogP contribution is -2.47. The number of benzene rings is 1. The number of rotatable bonds is 5. The van der Waals surface area contributed by atoms with Crippen molar-refractivity contribution in [1.82, 2.24) is 14.9 Å². The lowest BCUT2D eigenvalue weighted by molar-refractivity contribution is -0.0300. The highest BCUT2D eigenvalue weighted by molar-refractivity contribution is 6.01. The molecule has 1 aliphatic carbocycles. The smallest absolute Gasteiger partial charge is 0.255 e. The molecule has 6 nitrogen and oxygen atoms in total. The van der Waals surface area contributed by atoms with Crippen LogP contribution in [-0.4, -0.2) is 39.3 Å². The van der Waals surface area contributed by atoms with E-state index >= 15 is 0 Å². The molecule has 2 N–H and O–H groups in total. The summed E-state index contributed by atoms with van der Waals surface area (Å²) in [6.07, 6.45) is 7.20. The van der Waals surface area contributed by atoms with Crippen LogP contribution in [0.2, 0.25) is 0 Å². The van der Waals surface area contributed by atoms with Gasteiger partial charge in [0.1, 0.15) is 11.6 Å². The molecule has 1 amide bonds. The third-order valence-corrected chi connectivity index (χ3v) is 6.51. The van der Waals surface area contributed by atoms with Crippen molar-refractivity contribution in [1.29, 1.82) is 0 Å². The van der Waals surface area contributed by atoms with Crippen molar-refractivity contribution in [3.63, 3.8) is 0 Å². The first-order valence-corrected chi connectivity index (χ1v) is 10.6. The lowest BCUT2D eigenvalue weighted by Gasteiger charge is -2.36. The van der Waals surface area contributed by atoms with Crippen LogP contribution in [-0.2, 0) is 0 Å². The van der Waals surface area contributed by atoms with Crippen molar-refractivity contribution >= 4 is 17.1 Å². The number of carbonyl (C=O) groups excluding carboxylic acids is 1. The standard InChI is InChI=1S/C23H24F2N4O2/c24-15-4-5-19(25)17(11-15)20-3-1-9-28(20)16-6-10-29-21(12-16)18(13-27-29)22(30)26-14-23(31)7-2-8-23/h4-6,10-13,20,31H,1-3,7-9,14H2,(H,26,30). The molecule has 8 heteroatoms. The van der Waals surface area contributed by atoms with Crippen molar-refractivity contribution in [3.05, 3.63) is 65.5 Å². The van der Waals surface area contributed by atoms with Gasteiger partial charge in [0.25, 0.3) is 5.91 Å². The van der Waals surface area contributed by atoms with Gasteiger partial charge in [-0.25, -0.2) is 13.3 Å². The molecule has 1 atom stereocenters. The number of halogens is 2. The Morgan fingerprint density at radius 1 is 1.23 bits per heavy atom. The second kappa shape index (κ2) is 7.60. The van der Waals surface area contributed by atoms with Gasteiger partial charge in [-0.1, -0.05) is 0 Å². The topological polar surface area (TPSA) is 69.9 Å². The molecule has 0 radical (unpaired) electrons. The Balaban J connectivity index is 1.43. The van der Waals surface area contributed by atoms with Crippen LogP contribution in [0.4, 0.5) is 14.5 Å². The zero-order valence-electron chi connectivity index (χ0n) is 17.0. The van der Waals surface area contributed by atoms with Crippen LogP contribution in [0, 0.1) is 11.6 Å². The Bertz CT molecular complexity index is 1140. The average molecular weight is 426 g/mol. The number of fused-ring (bicyclic) bond motifs is 1. The zero-order chi connectivity index (χ0) is 21.6. The number of pyridine rings is 1. The number of nitrogens with one attached hydrogen (secondary N) is 1. The highest BCUT2D eigenvalue weighted by atomic mass is 19.1. The summed E-state index contributed by atoms with van der Waals surface area (Å²) in [7, 11) is 0. The Morgan fingerprint density at radius 2 is 2.06 bits per heavy atom. The fraction of sp³-hybridized carbons (Fsp3) is 0.391. The minimum absolute atomic E-state index is 0.218. The summed E-state index contributed by atoms with van der Waals surface area (Å²) in [6.45, 7) is 0.926. The maximum absolute atomic E-state index is 14.4. The molecule has 1 unspecified atom stereocenters. The van der Waals surface area contributed by atoms with E-state index < -0.39 is 17.2 Å². The second-order valence-electron chi connectivity index (χ2n) is 8.55. The van der Waals surface area contributed by atoms with E-state index in [0.29, 0.717) is 36.0 Å². The number of aliphatic hydroxyl groups is 1. The number of amides is 1. The van der Waals surface area contributed by atoms with E-state index in [0.717, 1.165) is 31.0 Å². The van der Waals surface area contributed by atoms with Crippen LogP contribution in [0.1, 0.15) is 54.1 Å². The van der Waals surface area contributed by atoms with Crippen LogP contribution in [0.15, 0.2) is 42.7 Å². The summed E-state index contributed by atoms with van der Waals surface area (Å²) < 4.78 is 29.8. The minimum Gasteiger partial charge on any atom is -0.388 e. The van der Waals surface area contributed by atoms with Crippen molar-refractivity contribution < 1.29 is 18.7 Å². The number of aromatic nitrogens is 2. The average Bonchev–Trinajstić information content (AvgIpc) is 3.39. The van der Waals surface area contributed by atoms with Gasteiger partial charge in [0.2, 0.25) is 0 Å². The number of anilines is 1. The molecule has 5 rings (SSSR count). The molecule has 1 aliphatic heterocycles. The molecule has 2 aromatic heterocycles. The zero-order valence-corrected chi connectivity index (χ0v) is 17.0. The largest absolute Gasteiger partial charge is 0.388 e. The molecule has 162 valence electrons. The summed E-state index contributed by atoms with van der Waals surface area (Å²) >= 11 is 0. The fourth-order valence-corrected chi connectivity index (χ4v) is 4.59. The van der Waals surface area contributed by atoms with Crippen LogP contribution < -0.4 is 10.2 Å². The van der Waals surface area contributed by atoms with E-state index in [-0.39, 0.29) is 18.5 Å².